The van der Waals surface area contributed by atoms with Crippen molar-refractivity contribution in [3.8, 4) is 0 Å². The normalized spacial score (nSPS) is 10.2. The standard InChI is InChI=1S/C12H14N2S/c1-13-9-3-2-4-11-5-7-12(8-6-11)14-10-15/h2,4-8,13H,3,9H2,1H3. The lowest BCUT2D eigenvalue weighted by molar-refractivity contribution is 0.809. The van der Waals surface area contributed by atoms with Crippen LogP contribution in [0.3, 0.4) is 0 Å². The van der Waals surface area contributed by atoms with Crippen molar-refractivity contribution in [2.75, 3.05) is 13.6 Å². The van der Waals surface area contributed by atoms with Crippen molar-refractivity contribution in [3.05, 3.63) is 35.9 Å². The summed E-state index contributed by atoms with van der Waals surface area (Å²) in [5.74, 6) is 0. The fraction of sp³-hybridized carbons (Fsp3) is 0.250. The average Bonchev–Trinajstić information content (AvgIpc) is 2.27. The van der Waals surface area contributed by atoms with Crippen LogP contribution < -0.4 is 5.32 Å². The second-order valence-electron chi connectivity index (χ2n) is 3.09. The Bertz CT molecular complexity index is 362. The lowest BCUT2D eigenvalue weighted by atomic mass is 10.2. The largest absolute Gasteiger partial charge is 0.319 e. The molecule has 1 aromatic carbocycles. The molecule has 0 fully saturated rings. The molecule has 0 spiro atoms. The maximum absolute atomic E-state index is 4.53. The van der Waals surface area contributed by atoms with Crippen LogP contribution in [-0.4, -0.2) is 18.8 Å². The van der Waals surface area contributed by atoms with Crippen LogP contribution in [0.25, 0.3) is 6.08 Å². The summed E-state index contributed by atoms with van der Waals surface area (Å²) in [4.78, 5) is 3.89. The molecule has 0 atom stereocenters. The Balaban J connectivity index is 2.56. The maximum Gasteiger partial charge on any atom is 0.0739 e. The van der Waals surface area contributed by atoms with Crippen LogP contribution in [0, 0.1) is 0 Å². The van der Waals surface area contributed by atoms with Gasteiger partial charge in [0.15, 0.2) is 0 Å². The van der Waals surface area contributed by atoms with E-state index in [0.29, 0.717) is 0 Å². The topological polar surface area (TPSA) is 24.4 Å². The van der Waals surface area contributed by atoms with Crippen LogP contribution in [0.15, 0.2) is 35.3 Å². The molecule has 15 heavy (non-hydrogen) atoms. The Morgan fingerprint density at radius 1 is 1.40 bits per heavy atom. The number of aliphatic imine (C=N–C) groups is 1. The second kappa shape index (κ2) is 7.07. The van der Waals surface area contributed by atoms with E-state index >= 15 is 0 Å². The molecule has 0 aromatic heterocycles. The minimum absolute atomic E-state index is 0.845. The van der Waals surface area contributed by atoms with Crippen LogP contribution in [0.1, 0.15) is 12.0 Å². The predicted octanol–water partition coefficient (Wildman–Crippen LogP) is 3.04. The van der Waals surface area contributed by atoms with Gasteiger partial charge in [-0.1, -0.05) is 24.3 Å². The number of thiocarbonyl (C=S) groups is 1. The van der Waals surface area contributed by atoms with Crippen molar-refractivity contribution in [3.63, 3.8) is 0 Å². The molecule has 0 unspecified atom stereocenters. The summed E-state index contributed by atoms with van der Waals surface area (Å²) in [6.45, 7) is 1.00. The molecular formula is C12H14N2S. The van der Waals surface area contributed by atoms with Crippen molar-refractivity contribution in [2.24, 2.45) is 4.99 Å². The van der Waals surface area contributed by atoms with Gasteiger partial charge in [-0.2, -0.15) is 4.99 Å². The number of hydrogen-bond donors (Lipinski definition) is 1. The zero-order valence-electron chi connectivity index (χ0n) is 8.73. The molecule has 0 aliphatic heterocycles. The highest BCUT2D eigenvalue weighted by molar-refractivity contribution is 7.78. The van der Waals surface area contributed by atoms with E-state index in [0.717, 1.165) is 18.7 Å². The van der Waals surface area contributed by atoms with Gasteiger partial charge in [0, 0.05) is 0 Å². The molecule has 3 heteroatoms. The first-order valence-corrected chi connectivity index (χ1v) is 5.26. The van der Waals surface area contributed by atoms with Gasteiger partial charge in [-0.05, 0) is 49.9 Å². The number of isothiocyanates is 1. The summed E-state index contributed by atoms with van der Waals surface area (Å²) >= 11 is 4.53. The highest BCUT2D eigenvalue weighted by atomic mass is 32.1. The minimum Gasteiger partial charge on any atom is -0.319 e. The first kappa shape index (κ1) is 11.8. The fourth-order valence-corrected chi connectivity index (χ4v) is 1.27. The average molecular weight is 218 g/mol. The summed E-state index contributed by atoms with van der Waals surface area (Å²) in [7, 11) is 1.95. The van der Waals surface area contributed by atoms with Gasteiger partial charge in [0.25, 0.3) is 0 Å². The van der Waals surface area contributed by atoms with Gasteiger partial charge in [0.2, 0.25) is 0 Å². The molecule has 0 amide bonds. The van der Waals surface area contributed by atoms with Crippen LogP contribution in [0.4, 0.5) is 5.69 Å². The molecule has 2 nitrogen and oxygen atoms in total. The maximum atomic E-state index is 4.53. The molecule has 0 aliphatic rings. The molecule has 78 valence electrons. The van der Waals surface area contributed by atoms with Gasteiger partial charge >= 0.3 is 0 Å². The summed E-state index contributed by atoms with van der Waals surface area (Å²) in [6.07, 6.45) is 5.28. The molecule has 0 heterocycles. The van der Waals surface area contributed by atoms with Crippen molar-refractivity contribution in [1.29, 1.82) is 0 Å². The second-order valence-corrected chi connectivity index (χ2v) is 3.27. The molecule has 1 rings (SSSR count). The third kappa shape index (κ3) is 4.66. The predicted molar refractivity (Wildman–Crippen MR) is 68.7 cm³/mol. The SMILES string of the molecule is CNCCC=Cc1ccc(N=C=S)cc1. The van der Waals surface area contributed by atoms with Crippen LogP contribution >= 0.6 is 12.2 Å². The highest BCUT2D eigenvalue weighted by Gasteiger charge is 1.88. The Morgan fingerprint density at radius 2 is 2.13 bits per heavy atom. The quantitative estimate of drug-likeness (QED) is 0.466. The Kier molecular flexibility index (Phi) is 5.56. The van der Waals surface area contributed by atoms with E-state index in [1.54, 1.807) is 0 Å². The van der Waals surface area contributed by atoms with Crippen molar-refractivity contribution in [2.45, 2.75) is 6.42 Å². The van der Waals surface area contributed by atoms with E-state index in [9.17, 15) is 0 Å². The van der Waals surface area contributed by atoms with Crippen molar-refractivity contribution < 1.29 is 0 Å². The number of nitrogens with one attached hydrogen (secondary N) is 1. The molecule has 1 aromatic rings. The van der Waals surface area contributed by atoms with E-state index in [1.807, 2.05) is 31.3 Å². The smallest absolute Gasteiger partial charge is 0.0739 e. The van der Waals surface area contributed by atoms with Gasteiger partial charge in [-0.3, -0.25) is 0 Å². The van der Waals surface area contributed by atoms with Crippen molar-refractivity contribution >= 4 is 29.1 Å². The van der Waals surface area contributed by atoms with E-state index in [2.05, 4.69) is 39.8 Å². The first-order chi connectivity index (χ1) is 7.36. The van der Waals surface area contributed by atoms with Gasteiger partial charge in [-0.15, -0.1) is 0 Å². The van der Waals surface area contributed by atoms with Crippen LogP contribution in [-0.2, 0) is 0 Å². The minimum atomic E-state index is 0.845. The van der Waals surface area contributed by atoms with Gasteiger partial charge in [0.1, 0.15) is 0 Å². The Hall–Kier alpha value is -1.28. The summed E-state index contributed by atoms with van der Waals surface area (Å²) in [5, 5.41) is 5.44. The highest BCUT2D eigenvalue weighted by Crippen LogP contribution is 2.13. The van der Waals surface area contributed by atoms with E-state index < -0.39 is 0 Å². The lowest BCUT2D eigenvalue weighted by Crippen LogP contribution is -2.05. The molecular weight excluding hydrogens is 204 g/mol. The lowest BCUT2D eigenvalue weighted by Gasteiger charge is -1.95. The third-order valence-electron chi connectivity index (χ3n) is 1.94. The number of benzene rings is 1. The fourth-order valence-electron chi connectivity index (χ4n) is 1.16. The zero-order chi connectivity index (χ0) is 10.9. The van der Waals surface area contributed by atoms with Crippen molar-refractivity contribution in [1.82, 2.24) is 5.32 Å². The number of rotatable bonds is 5. The molecule has 1 N–H and O–H groups in total. The van der Waals surface area contributed by atoms with Gasteiger partial charge < -0.3 is 5.32 Å². The summed E-state index contributed by atoms with van der Waals surface area (Å²) < 4.78 is 0. The van der Waals surface area contributed by atoms with E-state index in [4.69, 9.17) is 0 Å². The van der Waals surface area contributed by atoms with Crippen LogP contribution in [0.2, 0.25) is 0 Å². The monoisotopic (exact) mass is 218 g/mol. The molecule has 0 saturated carbocycles. The molecule has 0 saturated heterocycles. The van der Waals surface area contributed by atoms with E-state index in [-0.39, 0.29) is 0 Å². The zero-order valence-corrected chi connectivity index (χ0v) is 9.55. The summed E-state index contributed by atoms with van der Waals surface area (Å²) in [5.41, 5.74) is 2.02. The Morgan fingerprint density at radius 3 is 2.73 bits per heavy atom. The van der Waals surface area contributed by atoms with Gasteiger partial charge in [-0.25, -0.2) is 0 Å². The molecule has 0 aliphatic carbocycles. The van der Waals surface area contributed by atoms with E-state index in [1.165, 1.54) is 5.56 Å². The van der Waals surface area contributed by atoms with Gasteiger partial charge in [0.05, 0.1) is 10.8 Å². The number of nitrogens with zero attached hydrogens (tertiary/aromatic N) is 1. The Labute approximate surface area is 95.7 Å². The number of hydrogen-bond acceptors (Lipinski definition) is 3. The molecule has 0 radical (unpaired) electrons. The first-order valence-electron chi connectivity index (χ1n) is 4.86. The third-order valence-corrected chi connectivity index (χ3v) is 2.03. The molecule has 0 bridgehead atoms. The van der Waals surface area contributed by atoms with Crippen LogP contribution in [0.5, 0.6) is 0 Å². The summed E-state index contributed by atoms with van der Waals surface area (Å²) in [6, 6.07) is 7.89.